The number of nitrogens with zero attached hydrogens (tertiary/aromatic N) is 2. The van der Waals surface area contributed by atoms with Crippen molar-refractivity contribution < 1.29 is 9.59 Å². The highest BCUT2D eigenvalue weighted by Crippen LogP contribution is 2.22. The average Bonchev–Trinajstić information content (AvgIpc) is 2.82. The van der Waals surface area contributed by atoms with Crippen molar-refractivity contribution >= 4 is 17.6 Å². The summed E-state index contributed by atoms with van der Waals surface area (Å²) in [6.07, 6.45) is 2.17. The molecule has 1 aliphatic rings. The SMILES string of the molecule is CC(=O)NC1Cc2c(ncn2Cc2ccccc2)NC1=O. The zero-order chi connectivity index (χ0) is 14.8. The third kappa shape index (κ3) is 2.79. The lowest BCUT2D eigenvalue weighted by Gasteiger charge is -2.23. The number of carbonyl (C=O) groups is 2. The summed E-state index contributed by atoms with van der Waals surface area (Å²) in [5.41, 5.74) is 2.09. The van der Waals surface area contributed by atoms with Crippen molar-refractivity contribution in [2.24, 2.45) is 0 Å². The molecule has 0 saturated heterocycles. The highest BCUT2D eigenvalue weighted by Gasteiger charge is 2.29. The Morgan fingerprint density at radius 3 is 2.90 bits per heavy atom. The van der Waals surface area contributed by atoms with E-state index in [9.17, 15) is 9.59 Å². The van der Waals surface area contributed by atoms with Crippen molar-refractivity contribution in [1.29, 1.82) is 0 Å². The van der Waals surface area contributed by atoms with Gasteiger partial charge in [-0.3, -0.25) is 9.59 Å². The number of hydrogen-bond donors (Lipinski definition) is 2. The molecule has 0 saturated carbocycles. The van der Waals surface area contributed by atoms with Crippen molar-refractivity contribution in [3.05, 3.63) is 47.9 Å². The number of anilines is 1. The fourth-order valence-electron chi connectivity index (χ4n) is 2.49. The molecule has 2 N–H and O–H groups in total. The zero-order valence-corrected chi connectivity index (χ0v) is 11.7. The van der Waals surface area contributed by atoms with Crippen LogP contribution in [0.1, 0.15) is 18.2 Å². The minimum absolute atomic E-state index is 0.215. The molecule has 1 aliphatic heterocycles. The standard InChI is InChI=1S/C15H16N4O2/c1-10(20)17-12-7-13-14(18-15(12)21)16-9-19(13)8-11-5-3-2-4-6-11/h2-6,9,12H,7-8H2,1H3,(H,17,20)(H,18,21). The Hall–Kier alpha value is -2.63. The lowest BCUT2D eigenvalue weighted by molar-refractivity contribution is -0.125. The number of rotatable bonds is 3. The van der Waals surface area contributed by atoms with E-state index in [-0.39, 0.29) is 11.8 Å². The van der Waals surface area contributed by atoms with Crippen LogP contribution in [0, 0.1) is 0 Å². The molecule has 0 bridgehead atoms. The van der Waals surface area contributed by atoms with Gasteiger partial charge in [-0.25, -0.2) is 4.98 Å². The highest BCUT2D eigenvalue weighted by molar-refractivity contribution is 5.98. The predicted molar refractivity (Wildman–Crippen MR) is 77.7 cm³/mol. The second-order valence-electron chi connectivity index (χ2n) is 5.10. The molecule has 2 amide bonds. The third-order valence-electron chi connectivity index (χ3n) is 3.48. The minimum atomic E-state index is -0.541. The molecule has 2 heterocycles. The number of amides is 2. The summed E-state index contributed by atoms with van der Waals surface area (Å²) >= 11 is 0. The Kier molecular flexibility index (Phi) is 3.43. The fraction of sp³-hybridized carbons (Fsp3) is 0.267. The molecule has 0 fully saturated rings. The molecular weight excluding hydrogens is 268 g/mol. The van der Waals surface area contributed by atoms with Gasteiger partial charge in [-0.05, 0) is 5.56 Å². The van der Waals surface area contributed by atoms with Crippen LogP contribution in [-0.4, -0.2) is 27.4 Å². The van der Waals surface area contributed by atoms with E-state index in [1.165, 1.54) is 6.92 Å². The number of imidazole rings is 1. The number of nitrogens with one attached hydrogen (secondary N) is 2. The van der Waals surface area contributed by atoms with E-state index in [1.54, 1.807) is 6.33 Å². The average molecular weight is 284 g/mol. The van der Waals surface area contributed by atoms with Crippen LogP contribution in [-0.2, 0) is 22.6 Å². The van der Waals surface area contributed by atoms with Crippen molar-refractivity contribution in [2.75, 3.05) is 5.32 Å². The Morgan fingerprint density at radius 2 is 2.19 bits per heavy atom. The predicted octanol–water partition coefficient (Wildman–Crippen LogP) is 0.931. The van der Waals surface area contributed by atoms with Gasteiger partial charge in [0.15, 0.2) is 5.82 Å². The lowest BCUT2D eigenvalue weighted by Crippen LogP contribution is -2.47. The molecular formula is C15H16N4O2. The molecule has 2 aromatic rings. The maximum absolute atomic E-state index is 11.9. The van der Waals surface area contributed by atoms with E-state index in [4.69, 9.17) is 0 Å². The Bertz CT molecular complexity index is 678. The molecule has 108 valence electrons. The van der Waals surface area contributed by atoms with Gasteiger partial charge in [-0.2, -0.15) is 0 Å². The molecule has 6 nitrogen and oxygen atoms in total. The summed E-state index contributed by atoms with van der Waals surface area (Å²) < 4.78 is 2.00. The molecule has 3 rings (SSSR count). The topological polar surface area (TPSA) is 76.0 Å². The van der Waals surface area contributed by atoms with Crippen LogP contribution >= 0.6 is 0 Å². The second kappa shape index (κ2) is 5.40. The van der Waals surface area contributed by atoms with Gasteiger partial charge in [-0.1, -0.05) is 30.3 Å². The number of benzene rings is 1. The molecule has 0 aliphatic carbocycles. The van der Waals surface area contributed by atoms with E-state index >= 15 is 0 Å². The van der Waals surface area contributed by atoms with E-state index in [0.29, 0.717) is 18.8 Å². The Balaban J connectivity index is 1.84. The summed E-state index contributed by atoms with van der Waals surface area (Å²) in [6, 6.07) is 9.49. The van der Waals surface area contributed by atoms with Crippen LogP contribution in [0.5, 0.6) is 0 Å². The van der Waals surface area contributed by atoms with Crippen LogP contribution in [0.3, 0.4) is 0 Å². The summed E-state index contributed by atoms with van der Waals surface area (Å²) in [5, 5.41) is 5.40. The van der Waals surface area contributed by atoms with E-state index in [1.807, 2.05) is 34.9 Å². The van der Waals surface area contributed by atoms with Crippen molar-refractivity contribution in [1.82, 2.24) is 14.9 Å². The van der Waals surface area contributed by atoms with Crippen LogP contribution < -0.4 is 10.6 Å². The summed E-state index contributed by atoms with van der Waals surface area (Å²) in [6.45, 7) is 2.09. The molecule has 0 radical (unpaired) electrons. The normalized spacial score (nSPS) is 17.0. The van der Waals surface area contributed by atoms with Gasteiger partial charge in [0, 0.05) is 19.9 Å². The van der Waals surface area contributed by atoms with Crippen LogP contribution in [0.4, 0.5) is 5.82 Å². The first kappa shape index (κ1) is 13.4. The van der Waals surface area contributed by atoms with E-state index < -0.39 is 6.04 Å². The Labute approximate surface area is 122 Å². The summed E-state index contributed by atoms with van der Waals surface area (Å²) in [7, 11) is 0. The second-order valence-corrected chi connectivity index (χ2v) is 5.10. The number of fused-ring (bicyclic) bond motifs is 1. The molecule has 1 aromatic carbocycles. The first-order valence-corrected chi connectivity index (χ1v) is 6.79. The molecule has 0 spiro atoms. The molecule has 21 heavy (non-hydrogen) atoms. The first-order valence-electron chi connectivity index (χ1n) is 6.79. The molecule has 1 atom stereocenters. The van der Waals surface area contributed by atoms with Gasteiger partial charge in [-0.15, -0.1) is 0 Å². The van der Waals surface area contributed by atoms with Gasteiger partial charge in [0.25, 0.3) is 0 Å². The zero-order valence-electron chi connectivity index (χ0n) is 11.7. The maximum Gasteiger partial charge on any atom is 0.248 e. The molecule has 6 heteroatoms. The lowest BCUT2D eigenvalue weighted by atomic mass is 10.1. The third-order valence-corrected chi connectivity index (χ3v) is 3.48. The van der Waals surface area contributed by atoms with Gasteiger partial charge < -0.3 is 15.2 Å². The van der Waals surface area contributed by atoms with Crippen LogP contribution in [0.25, 0.3) is 0 Å². The number of carbonyl (C=O) groups excluding carboxylic acids is 2. The monoisotopic (exact) mass is 284 g/mol. The first-order chi connectivity index (χ1) is 10.1. The molecule has 1 aromatic heterocycles. The Morgan fingerprint density at radius 1 is 1.43 bits per heavy atom. The van der Waals surface area contributed by atoms with Crippen molar-refractivity contribution in [3.8, 4) is 0 Å². The van der Waals surface area contributed by atoms with E-state index in [2.05, 4.69) is 15.6 Å². The smallest absolute Gasteiger partial charge is 0.248 e. The largest absolute Gasteiger partial charge is 0.344 e. The quantitative estimate of drug-likeness (QED) is 0.880. The van der Waals surface area contributed by atoms with Gasteiger partial charge in [0.05, 0.1) is 12.0 Å². The van der Waals surface area contributed by atoms with Gasteiger partial charge >= 0.3 is 0 Å². The van der Waals surface area contributed by atoms with Crippen LogP contribution in [0.15, 0.2) is 36.7 Å². The van der Waals surface area contributed by atoms with E-state index in [0.717, 1.165) is 11.3 Å². The van der Waals surface area contributed by atoms with Gasteiger partial charge in [0.2, 0.25) is 11.8 Å². The minimum Gasteiger partial charge on any atom is -0.344 e. The highest BCUT2D eigenvalue weighted by atomic mass is 16.2. The number of aromatic nitrogens is 2. The van der Waals surface area contributed by atoms with Gasteiger partial charge in [0.1, 0.15) is 6.04 Å². The summed E-state index contributed by atoms with van der Waals surface area (Å²) in [4.78, 5) is 27.3. The fourth-order valence-corrected chi connectivity index (χ4v) is 2.49. The van der Waals surface area contributed by atoms with Crippen molar-refractivity contribution in [2.45, 2.75) is 25.9 Å². The maximum atomic E-state index is 11.9. The number of hydrogen-bond acceptors (Lipinski definition) is 3. The molecule has 1 unspecified atom stereocenters. The van der Waals surface area contributed by atoms with Crippen molar-refractivity contribution in [3.63, 3.8) is 0 Å². The summed E-state index contributed by atoms with van der Waals surface area (Å²) in [5.74, 6) is 0.146. The van der Waals surface area contributed by atoms with Crippen LogP contribution in [0.2, 0.25) is 0 Å².